The van der Waals surface area contributed by atoms with Gasteiger partial charge in [-0.15, -0.1) is 0 Å². The van der Waals surface area contributed by atoms with Gasteiger partial charge >= 0.3 is 0 Å². The molecule has 2 aromatic carbocycles. The first-order chi connectivity index (χ1) is 12.8. The van der Waals surface area contributed by atoms with Crippen molar-refractivity contribution in [3.8, 4) is 17.4 Å². The summed E-state index contributed by atoms with van der Waals surface area (Å²) in [6, 6.07) is 16.3. The fourth-order valence-corrected chi connectivity index (χ4v) is 3.48. The number of likely N-dealkylation sites (tertiary alicyclic amines) is 1. The molecule has 0 radical (unpaired) electrons. The van der Waals surface area contributed by atoms with Crippen molar-refractivity contribution in [3.05, 3.63) is 60.3 Å². The minimum absolute atomic E-state index is 0.604. The highest BCUT2D eigenvalue weighted by atomic mass is 16.5. The summed E-state index contributed by atoms with van der Waals surface area (Å²) in [7, 11) is 0. The Kier molecular flexibility index (Phi) is 5.02. The molecule has 1 aliphatic heterocycles. The van der Waals surface area contributed by atoms with Crippen LogP contribution in [0.1, 0.15) is 25.3 Å². The molecule has 4 rings (SSSR count). The maximum absolute atomic E-state index is 6.15. The first-order valence-electron chi connectivity index (χ1n) is 9.33. The third-order valence-electron chi connectivity index (χ3n) is 4.76. The molecule has 0 amide bonds. The molecule has 3 aromatic rings. The van der Waals surface area contributed by atoms with E-state index in [9.17, 15) is 0 Å². The number of rotatable bonds is 6. The summed E-state index contributed by atoms with van der Waals surface area (Å²) in [5.74, 6) is 2.09. The van der Waals surface area contributed by atoms with E-state index in [1.54, 1.807) is 6.20 Å². The van der Waals surface area contributed by atoms with Crippen LogP contribution in [0.25, 0.3) is 10.8 Å². The Morgan fingerprint density at radius 3 is 2.69 bits per heavy atom. The minimum atomic E-state index is 0.604. The third-order valence-corrected chi connectivity index (χ3v) is 4.76. The number of pyridine rings is 1. The Morgan fingerprint density at radius 1 is 1.00 bits per heavy atom. The van der Waals surface area contributed by atoms with Crippen molar-refractivity contribution in [1.82, 2.24) is 9.88 Å². The van der Waals surface area contributed by atoms with Gasteiger partial charge in [0.25, 0.3) is 0 Å². The molecule has 0 bridgehead atoms. The second kappa shape index (κ2) is 7.75. The van der Waals surface area contributed by atoms with Crippen LogP contribution in [-0.2, 0) is 6.54 Å². The number of hydrogen-bond acceptors (Lipinski definition) is 4. The van der Waals surface area contributed by atoms with Gasteiger partial charge in [-0.05, 0) is 68.1 Å². The summed E-state index contributed by atoms with van der Waals surface area (Å²) < 4.78 is 12.0. The van der Waals surface area contributed by atoms with E-state index in [2.05, 4.69) is 28.1 Å². The first kappa shape index (κ1) is 16.9. The molecule has 4 nitrogen and oxygen atoms in total. The summed E-state index contributed by atoms with van der Waals surface area (Å²) in [4.78, 5) is 6.91. The summed E-state index contributed by atoms with van der Waals surface area (Å²) in [6.45, 7) is 5.93. The van der Waals surface area contributed by atoms with Gasteiger partial charge in [0.15, 0.2) is 11.5 Å². The molecule has 1 saturated heterocycles. The van der Waals surface area contributed by atoms with E-state index in [4.69, 9.17) is 9.47 Å². The van der Waals surface area contributed by atoms with Gasteiger partial charge in [0.1, 0.15) is 0 Å². The number of aromatic nitrogens is 1. The predicted octanol–water partition coefficient (Wildman–Crippen LogP) is 5.02. The maximum Gasteiger partial charge on any atom is 0.227 e. The molecule has 0 saturated carbocycles. The summed E-state index contributed by atoms with van der Waals surface area (Å²) in [5.41, 5.74) is 1.26. The SMILES string of the molecule is CCOc1cc(CN2CCCC2)ccc1Oc1nccc2ccccc12. The number of ether oxygens (including phenoxy) is 2. The number of nitrogens with zero attached hydrogens (tertiary/aromatic N) is 2. The van der Waals surface area contributed by atoms with Gasteiger partial charge < -0.3 is 9.47 Å². The van der Waals surface area contributed by atoms with Gasteiger partial charge in [0.2, 0.25) is 5.88 Å². The summed E-state index contributed by atoms with van der Waals surface area (Å²) in [6.07, 6.45) is 4.37. The van der Waals surface area contributed by atoms with Gasteiger partial charge in [-0.3, -0.25) is 4.90 Å². The van der Waals surface area contributed by atoms with E-state index in [1.807, 2.05) is 37.3 Å². The topological polar surface area (TPSA) is 34.6 Å². The highest BCUT2D eigenvalue weighted by Crippen LogP contribution is 2.35. The quantitative estimate of drug-likeness (QED) is 0.626. The first-order valence-corrected chi connectivity index (χ1v) is 9.33. The third kappa shape index (κ3) is 3.65. The fourth-order valence-electron chi connectivity index (χ4n) is 3.48. The lowest BCUT2D eigenvalue weighted by Gasteiger charge is -2.17. The molecule has 0 spiro atoms. The van der Waals surface area contributed by atoms with Crippen molar-refractivity contribution >= 4 is 10.8 Å². The van der Waals surface area contributed by atoms with Crippen molar-refractivity contribution in [3.63, 3.8) is 0 Å². The van der Waals surface area contributed by atoms with Gasteiger partial charge in [0, 0.05) is 18.1 Å². The van der Waals surface area contributed by atoms with Gasteiger partial charge in [-0.2, -0.15) is 0 Å². The van der Waals surface area contributed by atoms with Crippen molar-refractivity contribution in [2.75, 3.05) is 19.7 Å². The molecule has 134 valence electrons. The van der Waals surface area contributed by atoms with E-state index in [-0.39, 0.29) is 0 Å². The Bertz CT molecular complexity index is 883. The van der Waals surface area contributed by atoms with Crippen LogP contribution in [0.3, 0.4) is 0 Å². The van der Waals surface area contributed by atoms with Crippen molar-refractivity contribution in [2.45, 2.75) is 26.3 Å². The molecule has 0 atom stereocenters. The molecule has 1 aliphatic rings. The van der Waals surface area contributed by atoms with Crippen LogP contribution in [0, 0.1) is 0 Å². The van der Waals surface area contributed by atoms with Gasteiger partial charge in [-0.25, -0.2) is 4.98 Å². The van der Waals surface area contributed by atoms with Crippen LogP contribution in [0.15, 0.2) is 54.7 Å². The smallest absolute Gasteiger partial charge is 0.227 e. The molecule has 0 unspecified atom stereocenters. The summed E-state index contributed by atoms with van der Waals surface area (Å²) in [5, 5.41) is 2.11. The lowest BCUT2D eigenvalue weighted by atomic mass is 10.1. The summed E-state index contributed by atoms with van der Waals surface area (Å²) >= 11 is 0. The maximum atomic E-state index is 6.15. The van der Waals surface area contributed by atoms with Crippen molar-refractivity contribution in [1.29, 1.82) is 0 Å². The van der Waals surface area contributed by atoms with Crippen LogP contribution in [-0.4, -0.2) is 29.6 Å². The van der Waals surface area contributed by atoms with Crippen LogP contribution in [0.5, 0.6) is 17.4 Å². The van der Waals surface area contributed by atoms with Crippen LogP contribution in [0.2, 0.25) is 0 Å². The number of hydrogen-bond donors (Lipinski definition) is 0. The molecule has 26 heavy (non-hydrogen) atoms. The second-order valence-corrected chi connectivity index (χ2v) is 6.64. The zero-order valence-electron chi connectivity index (χ0n) is 15.1. The molecule has 1 fully saturated rings. The normalized spacial score (nSPS) is 14.7. The van der Waals surface area contributed by atoms with Crippen molar-refractivity contribution in [2.24, 2.45) is 0 Å². The van der Waals surface area contributed by atoms with Crippen LogP contribution >= 0.6 is 0 Å². The standard InChI is InChI=1S/C22H24N2O2/c1-2-25-21-15-17(16-24-13-5-6-14-24)9-10-20(21)26-22-19-8-4-3-7-18(19)11-12-23-22/h3-4,7-12,15H,2,5-6,13-14,16H2,1H3. The molecular formula is C22H24N2O2. The van der Waals surface area contributed by atoms with E-state index in [0.717, 1.165) is 23.1 Å². The van der Waals surface area contributed by atoms with Crippen LogP contribution < -0.4 is 9.47 Å². The number of fused-ring (bicyclic) bond motifs is 1. The molecule has 2 heterocycles. The lowest BCUT2D eigenvalue weighted by Crippen LogP contribution is -2.18. The highest BCUT2D eigenvalue weighted by molar-refractivity contribution is 5.86. The van der Waals surface area contributed by atoms with Gasteiger partial charge in [-0.1, -0.05) is 24.3 Å². The number of benzene rings is 2. The molecule has 0 N–H and O–H groups in total. The van der Waals surface area contributed by atoms with E-state index in [1.165, 1.54) is 31.5 Å². The Hall–Kier alpha value is -2.59. The molecule has 4 heteroatoms. The minimum Gasteiger partial charge on any atom is -0.490 e. The Balaban J connectivity index is 1.62. The van der Waals surface area contributed by atoms with E-state index < -0.39 is 0 Å². The predicted molar refractivity (Wildman–Crippen MR) is 104 cm³/mol. The molecular weight excluding hydrogens is 324 g/mol. The lowest BCUT2D eigenvalue weighted by molar-refractivity contribution is 0.314. The van der Waals surface area contributed by atoms with E-state index in [0.29, 0.717) is 18.2 Å². The average Bonchev–Trinajstić information content (AvgIpc) is 3.17. The van der Waals surface area contributed by atoms with Gasteiger partial charge in [0.05, 0.1) is 6.61 Å². The highest BCUT2D eigenvalue weighted by Gasteiger charge is 2.15. The fraction of sp³-hybridized carbons (Fsp3) is 0.318. The molecule has 0 aliphatic carbocycles. The Labute approximate surface area is 154 Å². The largest absolute Gasteiger partial charge is 0.490 e. The molecule has 1 aromatic heterocycles. The second-order valence-electron chi connectivity index (χ2n) is 6.64. The van der Waals surface area contributed by atoms with Crippen molar-refractivity contribution < 1.29 is 9.47 Å². The average molecular weight is 348 g/mol. The zero-order chi connectivity index (χ0) is 17.8. The monoisotopic (exact) mass is 348 g/mol. The Morgan fingerprint density at radius 2 is 1.85 bits per heavy atom. The van der Waals surface area contributed by atoms with Crippen LogP contribution in [0.4, 0.5) is 0 Å². The zero-order valence-corrected chi connectivity index (χ0v) is 15.1. The van der Waals surface area contributed by atoms with E-state index >= 15 is 0 Å².